The molecule has 0 fully saturated rings. The lowest BCUT2D eigenvalue weighted by atomic mass is 10.2. The summed E-state index contributed by atoms with van der Waals surface area (Å²) in [5.41, 5.74) is 0.823. The first kappa shape index (κ1) is 20.8. The molecule has 0 aliphatic heterocycles. The normalized spacial score (nSPS) is 10.7. The van der Waals surface area contributed by atoms with Crippen LogP contribution in [0.3, 0.4) is 0 Å². The fourth-order valence-corrected chi connectivity index (χ4v) is 3.05. The van der Waals surface area contributed by atoms with Crippen molar-refractivity contribution >= 4 is 51.6 Å². The number of para-hydroxylation sites is 1. The van der Waals surface area contributed by atoms with Crippen LogP contribution in [-0.2, 0) is 16.0 Å². The molecule has 0 spiro atoms. The number of halogens is 2. The topological polar surface area (TPSA) is 95.2 Å². The molecule has 0 bridgehead atoms. The zero-order valence-electron chi connectivity index (χ0n) is 15.5. The molecule has 3 aromatic rings. The molecule has 0 aliphatic rings. The number of likely N-dealkylation sites (N-methyl/N-ethyl adjacent to an activating group) is 1. The van der Waals surface area contributed by atoms with E-state index in [2.05, 4.69) is 15.3 Å². The van der Waals surface area contributed by atoms with Crippen LogP contribution in [0, 0.1) is 0 Å². The number of aromatic amines is 1. The number of anilines is 1. The van der Waals surface area contributed by atoms with Crippen molar-refractivity contribution in [1.29, 1.82) is 0 Å². The number of hydrogen-bond donors (Lipinski definition) is 2. The van der Waals surface area contributed by atoms with Crippen LogP contribution >= 0.6 is 23.2 Å². The number of carbonyl (C=O) groups is 2. The summed E-state index contributed by atoms with van der Waals surface area (Å²) in [6.07, 6.45) is 0.371. The largest absolute Gasteiger partial charge is 0.336 e. The summed E-state index contributed by atoms with van der Waals surface area (Å²) < 4.78 is 0. The van der Waals surface area contributed by atoms with Gasteiger partial charge in [0.1, 0.15) is 5.82 Å². The van der Waals surface area contributed by atoms with Gasteiger partial charge in [0, 0.05) is 25.6 Å². The Bertz CT molecular complexity index is 1130. The van der Waals surface area contributed by atoms with E-state index in [4.69, 9.17) is 23.2 Å². The number of nitrogens with zero attached hydrogens (tertiary/aromatic N) is 2. The van der Waals surface area contributed by atoms with E-state index in [0.717, 1.165) is 0 Å². The van der Waals surface area contributed by atoms with Gasteiger partial charge < -0.3 is 15.2 Å². The Morgan fingerprint density at radius 3 is 2.66 bits per heavy atom. The highest BCUT2D eigenvalue weighted by molar-refractivity contribution is 6.42. The lowest BCUT2D eigenvalue weighted by Gasteiger charge is -2.17. The number of H-pyrrole nitrogens is 1. The van der Waals surface area contributed by atoms with Crippen molar-refractivity contribution in [2.24, 2.45) is 0 Å². The summed E-state index contributed by atoms with van der Waals surface area (Å²) in [4.78, 5) is 44.9. The van der Waals surface area contributed by atoms with E-state index >= 15 is 0 Å². The van der Waals surface area contributed by atoms with Crippen molar-refractivity contribution < 1.29 is 9.59 Å². The fraction of sp³-hybridized carbons (Fsp3) is 0.200. The van der Waals surface area contributed by atoms with Crippen LogP contribution in [0.5, 0.6) is 0 Å². The predicted molar refractivity (Wildman–Crippen MR) is 113 cm³/mol. The van der Waals surface area contributed by atoms with Crippen molar-refractivity contribution in [3.05, 3.63) is 68.7 Å². The van der Waals surface area contributed by atoms with Crippen molar-refractivity contribution in [1.82, 2.24) is 14.9 Å². The van der Waals surface area contributed by atoms with E-state index < -0.39 is 0 Å². The molecular formula is C20H18Cl2N4O3. The zero-order valence-corrected chi connectivity index (χ0v) is 17.0. The average Bonchev–Trinajstić information content (AvgIpc) is 2.69. The number of rotatable bonds is 6. The molecule has 0 unspecified atom stereocenters. The summed E-state index contributed by atoms with van der Waals surface area (Å²) >= 11 is 11.8. The number of nitrogens with one attached hydrogen (secondary N) is 2. The van der Waals surface area contributed by atoms with Gasteiger partial charge in [0.15, 0.2) is 0 Å². The molecule has 7 nitrogen and oxygen atoms in total. The van der Waals surface area contributed by atoms with Crippen molar-refractivity contribution in [2.45, 2.75) is 12.8 Å². The van der Waals surface area contributed by atoms with Gasteiger partial charge in [-0.2, -0.15) is 0 Å². The van der Waals surface area contributed by atoms with Crippen LogP contribution in [0.4, 0.5) is 5.69 Å². The molecule has 0 radical (unpaired) electrons. The van der Waals surface area contributed by atoms with Crippen molar-refractivity contribution in [3.63, 3.8) is 0 Å². The Balaban J connectivity index is 1.55. The lowest BCUT2D eigenvalue weighted by Crippen LogP contribution is -2.35. The van der Waals surface area contributed by atoms with Crippen molar-refractivity contribution in [2.75, 3.05) is 18.9 Å². The Morgan fingerprint density at radius 2 is 1.90 bits per heavy atom. The molecule has 3 rings (SSSR count). The second-order valence-corrected chi connectivity index (χ2v) is 7.27. The highest BCUT2D eigenvalue weighted by Crippen LogP contribution is 2.24. The quantitative estimate of drug-likeness (QED) is 0.624. The van der Waals surface area contributed by atoms with E-state index in [0.29, 0.717) is 32.5 Å². The second kappa shape index (κ2) is 9.07. The van der Waals surface area contributed by atoms with Gasteiger partial charge in [-0.3, -0.25) is 14.4 Å². The molecule has 150 valence electrons. The summed E-state index contributed by atoms with van der Waals surface area (Å²) in [5, 5.41) is 3.87. The number of aryl methyl sites for hydroxylation is 1. The van der Waals surface area contributed by atoms with E-state index in [9.17, 15) is 14.4 Å². The summed E-state index contributed by atoms with van der Waals surface area (Å²) in [5.74, 6) is -0.183. The molecule has 1 aromatic heterocycles. The minimum absolute atomic E-state index is 0.109. The van der Waals surface area contributed by atoms with Gasteiger partial charge in [0.05, 0.1) is 27.5 Å². The van der Waals surface area contributed by atoms with E-state index in [-0.39, 0.29) is 36.8 Å². The van der Waals surface area contributed by atoms with Gasteiger partial charge >= 0.3 is 0 Å². The first-order valence-corrected chi connectivity index (χ1v) is 9.56. The van der Waals surface area contributed by atoms with E-state index in [1.165, 1.54) is 18.0 Å². The van der Waals surface area contributed by atoms with E-state index in [1.807, 2.05) is 0 Å². The Hall–Kier alpha value is -2.90. The maximum atomic E-state index is 12.3. The molecule has 9 heteroatoms. The second-order valence-electron chi connectivity index (χ2n) is 6.46. The highest BCUT2D eigenvalue weighted by Gasteiger charge is 2.14. The third kappa shape index (κ3) is 5.34. The van der Waals surface area contributed by atoms with Gasteiger partial charge in [-0.15, -0.1) is 0 Å². The average molecular weight is 433 g/mol. The predicted octanol–water partition coefficient (Wildman–Crippen LogP) is 3.26. The summed E-state index contributed by atoms with van der Waals surface area (Å²) in [6.45, 7) is -0.124. The van der Waals surface area contributed by atoms with Gasteiger partial charge in [-0.1, -0.05) is 35.3 Å². The Morgan fingerprint density at radius 1 is 1.14 bits per heavy atom. The monoisotopic (exact) mass is 432 g/mol. The van der Waals surface area contributed by atoms with Gasteiger partial charge in [0.2, 0.25) is 11.8 Å². The van der Waals surface area contributed by atoms with Crippen LogP contribution in [-0.4, -0.2) is 40.3 Å². The maximum Gasteiger partial charge on any atom is 0.258 e. The molecule has 0 aliphatic carbocycles. The smallest absolute Gasteiger partial charge is 0.258 e. The highest BCUT2D eigenvalue weighted by atomic mass is 35.5. The van der Waals surface area contributed by atoms with Gasteiger partial charge in [-0.05, 0) is 30.3 Å². The van der Waals surface area contributed by atoms with Crippen molar-refractivity contribution in [3.8, 4) is 0 Å². The molecular weight excluding hydrogens is 415 g/mol. The van der Waals surface area contributed by atoms with Gasteiger partial charge in [-0.25, -0.2) is 4.98 Å². The fourth-order valence-electron chi connectivity index (χ4n) is 2.75. The molecule has 1 heterocycles. The molecule has 2 amide bonds. The van der Waals surface area contributed by atoms with Crippen LogP contribution in [0.25, 0.3) is 10.9 Å². The first-order chi connectivity index (χ1) is 13.8. The van der Waals surface area contributed by atoms with Gasteiger partial charge in [0.25, 0.3) is 5.56 Å². The molecule has 29 heavy (non-hydrogen) atoms. The third-order valence-electron chi connectivity index (χ3n) is 4.25. The summed E-state index contributed by atoms with van der Waals surface area (Å²) in [6, 6.07) is 11.7. The summed E-state index contributed by atoms with van der Waals surface area (Å²) in [7, 11) is 1.54. The molecule has 0 saturated carbocycles. The minimum Gasteiger partial charge on any atom is -0.336 e. The molecule has 0 saturated heterocycles. The standard InChI is InChI=1S/C20H18Cl2N4O3/c1-26(11-18(27)23-12-6-7-14(21)15(22)10-12)19(28)9-8-17-24-16-5-3-2-4-13(16)20(29)25-17/h2-7,10H,8-9,11H2,1H3,(H,23,27)(H,24,25,29). The SMILES string of the molecule is CN(CC(=O)Nc1ccc(Cl)c(Cl)c1)C(=O)CCc1nc2ccccc2c(=O)[nH]1. The number of benzene rings is 2. The number of amides is 2. The third-order valence-corrected chi connectivity index (χ3v) is 4.99. The zero-order chi connectivity index (χ0) is 21.0. The number of hydrogen-bond acceptors (Lipinski definition) is 4. The van der Waals surface area contributed by atoms with Crippen LogP contribution in [0.1, 0.15) is 12.2 Å². The minimum atomic E-state index is -0.364. The number of aromatic nitrogens is 2. The number of fused-ring (bicyclic) bond motifs is 1. The van der Waals surface area contributed by atoms with Crippen LogP contribution in [0.2, 0.25) is 10.0 Å². The Labute approximate surface area is 176 Å². The molecule has 0 atom stereocenters. The molecule has 2 N–H and O–H groups in total. The van der Waals surface area contributed by atoms with E-state index in [1.54, 1.807) is 36.4 Å². The van der Waals surface area contributed by atoms with Crippen LogP contribution in [0.15, 0.2) is 47.3 Å². The first-order valence-electron chi connectivity index (χ1n) is 8.80. The number of carbonyl (C=O) groups excluding carboxylic acids is 2. The lowest BCUT2D eigenvalue weighted by molar-refractivity contribution is -0.133. The maximum absolute atomic E-state index is 12.3. The molecule has 2 aromatic carbocycles. The van der Waals surface area contributed by atoms with Crippen LogP contribution < -0.4 is 10.9 Å². The Kier molecular flexibility index (Phi) is 6.51.